The number of para-hydroxylation sites is 1. The van der Waals surface area contributed by atoms with Gasteiger partial charge in [0.15, 0.2) is 0 Å². The molecule has 0 aliphatic carbocycles. The molecule has 0 aliphatic rings. The second kappa shape index (κ2) is 7.93. The zero-order chi connectivity index (χ0) is 13.3. The highest BCUT2D eigenvalue weighted by Gasteiger charge is 2.00. The van der Waals surface area contributed by atoms with E-state index in [-0.39, 0.29) is 0 Å². The van der Waals surface area contributed by atoms with Crippen molar-refractivity contribution in [2.75, 3.05) is 0 Å². The van der Waals surface area contributed by atoms with Gasteiger partial charge in [0.05, 0.1) is 5.52 Å². The Morgan fingerprint density at radius 3 is 2.42 bits per heavy atom. The molecule has 19 heavy (non-hydrogen) atoms. The molecule has 0 saturated carbocycles. The van der Waals surface area contributed by atoms with Gasteiger partial charge in [0.2, 0.25) is 0 Å². The predicted molar refractivity (Wildman–Crippen MR) is 83.4 cm³/mol. The first kappa shape index (κ1) is 14.0. The van der Waals surface area contributed by atoms with Gasteiger partial charge in [-0.2, -0.15) is 0 Å². The molecule has 0 aliphatic heterocycles. The second-order valence-electron chi connectivity index (χ2n) is 5.36. The van der Waals surface area contributed by atoms with E-state index in [9.17, 15) is 0 Å². The molecule has 102 valence electrons. The SMILES string of the molecule is CCCCCCCCCc1ccnc2ccccc12. The lowest BCUT2D eigenvalue weighted by atomic mass is 10.0. The molecule has 1 aromatic carbocycles. The van der Waals surface area contributed by atoms with Crippen LogP contribution in [-0.2, 0) is 6.42 Å². The maximum atomic E-state index is 4.42. The molecular weight excluding hydrogens is 230 g/mol. The van der Waals surface area contributed by atoms with Crippen molar-refractivity contribution in [1.82, 2.24) is 4.98 Å². The van der Waals surface area contributed by atoms with Crippen molar-refractivity contribution in [1.29, 1.82) is 0 Å². The van der Waals surface area contributed by atoms with Crippen molar-refractivity contribution < 1.29 is 0 Å². The van der Waals surface area contributed by atoms with Crippen LogP contribution in [0.1, 0.15) is 57.4 Å². The van der Waals surface area contributed by atoms with Gasteiger partial charge in [-0.05, 0) is 30.5 Å². The first-order valence-electron chi connectivity index (χ1n) is 7.74. The van der Waals surface area contributed by atoms with Crippen molar-refractivity contribution in [2.45, 2.75) is 58.3 Å². The summed E-state index contributed by atoms with van der Waals surface area (Å²) in [4.78, 5) is 4.42. The van der Waals surface area contributed by atoms with Gasteiger partial charge in [-0.25, -0.2) is 0 Å². The van der Waals surface area contributed by atoms with Crippen molar-refractivity contribution in [2.24, 2.45) is 0 Å². The lowest BCUT2D eigenvalue weighted by Crippen LogP contribution is -1.90. The number of hydrogen-bond acceptors (Lipinski definition) is 1. The number of nitrogens with zero attached hydrogens (tertiary/aromatic N) is 1. The summed E-state index contributed by atoms with van der Waals surface area (Å²) in [6.07, 6.45) is 12.7. The van der Waals surface area contributed by atoms with E-state index in [1.54, 1.807) is 0 Å². The van der Waals surface area contributed by atoms with E-state index < -0.39 is 0 Å². The van der Waals surface area contributed by atoms with E-state index in [0.717, 1.165) is 5.52 Å². The van der Waals surface area contributed by atoms with Crippen LogP contribution in [0.3, 0.4) is 0 Å². The topological polar surface area (TPSA) is 12.9 Å². The summed E-state index contributed by atoms with van der Waals surface area (Å²) in [7, 11) is 0. The van der Waals surface area contributed by atoms with E-state index in [1.807, 2.05) is 6.20 Å². The molecule has 0 saturated heterocycles. The molecule has 0 bridgehead atoms. The van der Waals surface area contributed by atoms with Crippen molar-refractivity contribution in [3.63, 3.8) is 0 Å². The fraction of sp³-hybridized carbons (Fsp3) is 0.500. The van der Waals surface area contributed by atoms with Crippen molar-refractivity contribution >= 4 is 10.9 Å². The largest absolute Gasteiger partial charge is 0.256 e. The van der Waals surface area contributed by atoms with Gasteiger partial charge in [-0.3, -0.25) is 4.98 Å². The van der Waals surface area contributed by atoms with Crippen LogP contribution in [0.15, 0.2) is 36.5 Å². The molecule has 2 rings (SSSR count). The molecular formula is C18H25N. The van der Waals surface area contributed by atoms with Crippen LogP contribution >= 0.6 is 0 Å². The number of rotatable bonds is 8. The van der Waals surface area contributed by atoms with Gasteiger partial charge in [0, 0.05) is 11.6 Å². The monoisotopic (exact) mass is 255 g/mol. The molecule has 0 spiro atoms. The van der Waals surface area contributed by atoms with Crippen LogP contribution in [0.2, 0.25) is 0 Å². The Morgan fingerprint density at radius 2 is 1.58 bits per heavy atom. The van der Waals surface area contributed by atoms with Gasteiger partial charge in [0.25, 0.3) is 0 Å². The van der Waals surface area contributed by atoms with Crippen LogP contribution in [0.25, 0.3) is 10.9 Å². The molecule has 1 aromatic heterocycles. The van der Waals surface area contributed by atoms with Crippen LogP contribution < -0.4 is 0 Å². The Kier molecular flexibility index (Phi) is 5.87. The second-order valence-corrected chi connectivity index (χ2v) is 5.36. The van der Waals surface area contributed by atoms with Gasteiger partial charge in [-0.15, -0.1) is 0 Å². The third-order valence-corrected chi connectivity index (χ3v) is 3.79. The summed E-state index contributed by atoms with van der Waals surface area (Å²) in [6.45, 7) is 2.27. The highest BCUT2D eigenvalue weighted by atomic mass is 14.6. The number of aromatic nitrogens is 1. The molecule has 0 radical (unpaired) electrons. The third-order valence-electron chi connectivity index (χ3n) is 3.79. The van der Waals surface area contributed by atoms with Gasteiger partial charge in [-0.1, -0.05) is 63.6 Å². The fourth-order valence-corrected chi connectivity index (χ4v) is 2.65. The van der Waals surface area contributed by atoms with Crippen LogP contribution in [0, 0.1) is 0 Å². The number of fused-ring (bicyclic) bond motifs is 1. The zero-order valence-electron chi connectivity index (χ0n) is 12.1. The Balaban J connectivity index is 1.78. The summed E-state index contributed by atoms with van der Waals surface area (Å²) < 4.78 is 0. The number of hydrogen-bond donors (Lipinski definition) is 0. The predicted octanol–water partition coefficient (Wildman–Crippen LogP) is 5.53. The Morgan fingerprint density at radius 1 is 0.842 bits per heavy atom. The summed E-state index contributed by atoms with van der Waals surface area (Å²) in [6, 6.07) is 10.6. The number of aryl methyl sites for hydroxylation is 1. The molecule has 0 N–H and O–H groups in total. The van der Waals surface area contributed by atoms with Crippen LogP contribution in [0.5, 0.6) is 0 Å². The van der Waals surface area contributed by atoms with Crippen LogP contribution in [0.4, 0.5) is 0 Å². The summed E-state index contributed by atoms with van der Waals surface area (Å²) in [5, 5.41) is 1.33. The maximum absolute atomic E-state index is 4.42. The van der Waals surface area contributed by atoms with E-state index in [0.29, 0.717) is 0 Å². The average Bonchev–Trinajstić information content (AvgIpc) is 2.46. The van der Waals surface area contributed by atoms with E-state index >= 15 is 0 Å². The maximum Gasteiger partial charge on any atom is 0.0704 e. The fourth-order valence-electron chi connectivity index (χ4n) is 2.65. The minimum absolute atomic E-state index is 1.13. The highest BCUT2D eigenvalue weighted by Crippen LogP contribution is 2.18. The normalized spacial score (nSPS) is 11.0. The number of pyridine rings is 1. The zero-order valence-corrected chi connectivity index (χ0v) is 12.1. The lowest BCUT2D eigenvalue weighted by Gasteiger charge is -2.06. The minimum atomic E-state index is 1.13. The smallest absolute Gasteiger partial charge is 0.0704 e. The van der Waals surface area contributed by atoms with E-state index in [2.05, 4.69) is 42.2 Å². The minimum Gasteiger partial charge on any atom is -0.256 e. The van der Waals surface area contributed by atoms with E-state index in [1.165, 1.54) is 62.3 Å². The third kappa shape index (κ3) is 4.34. The standard InChI is InChI=1S/C18H25N/c1-2-3-4-5-6-7-8-11-16-14-15-19-18-13-10-9-12-17(16)18/h9-10,12-15H,2-8,11H2,1H3. The summed E-state index contributed by atoms with van der Waals surface area (Å²) in [5.41, 5.74) is 2.59. The first-order chi connectivity index (χ1) is 9.42. The Hall–Kier alpha value is -1.37. The van der Waals surface area contributed by atoms with Gasteiger partial charge in [0.1, 0.15) is 0 Å². The molecule has 0 amide bonds. The summed E-state index contributed by atoms with van der Waals surface area (Å²) in [5.74, 6) is 0. The molecule has 0 unspecified atom stereocenters. The number of benzene rings is 1. The van der Waals surface area contributed by atoms with Crippen molar-refractivity contribution in [3.8, 4) is 0 Å². The number of unbranched alkanes of at least 4 members (excludes halogenated alkanes) is 6. The Labute approximate surface area is 117 Å². The molecule has 0 fully saturated rings. The van der Waals surface area contributed by atoms with Crippen LogP contribution in [-0.4, -0.2) is 4.98 Å². The molecule has 0 atom stereocenters. The van der Waals surface area contributed by atoms with Gasteiger partial charge >= 0.3 is 0 Å². The summed E-state index contributed by atoms with van der Waals surface area (Å²) >= 11 is 0. The lowest BCUT2D eigenvalue weighted by molar-refractivity contribution is 0.590. The molecule has 1 heterocycles. The average molecular weight is 255 g/mol. The highest BCUT2D eigenvalue weighted by molar-refractivity contribution is 5.81. The Bertz CT molecular complexity index is 485. The molecule has 1 heteroatoms. The van der Waals surface area contributed by atoms with E-state index in [4.69, 9.17) is 0 Å². The quantitative estimate of drug-likeness (QED) is 0.565. The van der Waals surface area contributed by atoms with Crippen molar-refractivity contribution in [3.05, 3.63) is 42.1 Å². The first-order valence-corrected chi connectivity index (χ1v) is 7.74. The molecule has 1 nitrogen and oxygen atoms in total. The van der Waals surface area contributed by atoms with Gasteiger partial charge < -0.3 is 0 Å². The molecule has 2 aromatic rings.